The minimum absolute atomic E-state index is 0.0391. The number of hydrogen-bond acceptors (Lipinski definition) is 4. The number of nitrogens with one attached hydrogen (secondary N) is 1. The molecule has 0 aliphatic carbocycles. The quantitative estimate of drug-likeness (QED) is 0.582. The van der Waals surface area contributed by atoms with Crippen molar-refractivity contribution in [2.45, 2.75) is 20.4 Å². The van der Waals surface area contributed by atoms with E-state index in [1.165, 1.54) is 10.4 Å². The molecule has 6 nitrogen and oxygen atoms in total. The Hall–Kier alpha value is -3.28. The van der Waals surface area contributed by atoms with Crippen molar-refractivity contribution in [1.29, 1.82) is 0 Å². The van der Waals surface area contributed by atoms with E-state index in [1.807, 2.05) is 62.4 Å². The third-order valence-electron chi connectivity index (χ3n) is 4.22. The van der Waals surface area contributed by atoms with Gasteiger partial charge in [0.15, 0.2) is 5.78 Å². The average molecular weight is 331 g/mol. The van der Waals surface area contributed by atoms with Crippen molar-refractivity contribution in [3.05, 3.63) is 65.4 Å². The van der Waals surface area contributed by atoms with Crippen molar-refractivity contribution in [2.75, 3.05) is 0 Å². The summed E-state index contributed by atoms with van der Waals surface area (Å²) in [6.45, 7) is 3.98. The third kappa shape index (κ3) is 2.82. The Bertz CT molecular complexity index is 1060. The van der Waals surface area contributed by atoms with Crippen LogP contribution in [-0.2, 0) is 6.54 Å². The molecule has 2 aromatic heterocycles. The standard InChI is InChI=1S/C19H17N5O/c1-12-7-9-14(10-8-12)19-21-23-24(22-19)11-17(25)18-13(2)20-16-6-4-3-5-15(16)18/h3-10,20H,11H2,1-2H3. The van der Waals surface area contributed by atoms with Crippen molar-refractivity contribution in [1.82, 2.24) is 25.2 Å². The monoisotopic (exact) mass is 331 g/mol. The molecule has 0 bridgehead atoms. The summed E-state index contributed by atoms with van der Waals surface area (Å²) in [5.74, 6) is 0.478. The van der Waals surface area contributed by atoms with Gasteiger partial charge in [0.1, 0.15) is 6.54 Å². The molecule has 25 heavy (non-hydrogen) atoms. The molecule has 4 aromatic rings. The molecule has 0 unspecified atom stereocenters. The Labute approximate surface area is 144 Å². The van der Waals surface area contributed by atoms with E-state index in [0.29, 0.717) is 11.4 Å². The number of aromatic amines is 1. The molecular weight excluding hydrogens is 314 g/mol. The highest BCUT2D eigenvalue weighted by atomic mass is 16.1. The van der Waals surface area contributed by atoms with Crippen LogP contribution in [-0.4, -0.2) is 31.0 Å². The molecule has 0 fully saturated rings. The first-order valence-electron chi connectivity index (χ1n) is 8.07. The molecule has 0 radical (unpaired) electrons. The number of aromatic nitrogens is 5. The lowest BCUT2D eigenvalue weighted by molar-refractivity contribution is 0.0962. The number of benzene rings is 2. The van der Waals surface area contributed by atoms with Gasteiger partial charge in [0.05, 0.1) is 0 Å². The highest BCUT2D eigenvalue weighted by Gasteiger charge is 2.17. The van der Waals surface area contributed by atoms with Crippen LogP contribution in [0.3, 0.4) is 0 Å². The maximum Gasteiger partial charge on any atom is 0.204 e. The smallest absolute Gasteiger partial charge is 0.204 e. The van der Waals surface area contributed by atoms with E-state index in [1.54, 1.807) is 0 Å². The predicted octanol–water partition coefficient (Wildman–Crippen LogP) is 3.32. The number of carbonyl (C=O) groups is 1. The van der Waals surface area contributed by atoms with Gasteiger partial charge in [0.2, 0.25) is 5.82 Å². The van der Waals surface area contributed by atoms with Crippen LogP contribution in [0.15, 0.2) is 48.5 Å². The van der Waals surface area contributed by atoms with Crippen LogP contribution in [0.25, 0.3) is 22.3 Å². The summed E-state index contributed by atoms with van der Waals surface area (Å²) in [6.07, 6.45) is 0. The van der Waals surface area contributed by atoms with Gasteiger partial charge in [0.25, 0.3) is 0 Å². The number of tetrazole rings is 1. The minimum Gasteiger partial charge on any atom is -0.358 e. The molecule has 4 rings (SSSR count). The summed E-state index contributed by atoms with van der Waals surface area (Å²) >= 11 is 0. The molecule has 124 valence electrons. The maximum absolute atomic E-state index is 12.8. The van der Waals surface area contributed by atoms with Crippen LogP contribution >= 0.6 is 0 Å². The Morgan fingerprint density at radius 3 is 2.64 bits per heavy atom. The number of H-pyrrole nitrogens is 1. The number of ketones is 1. The number of fused-ring (bicyclic) bond motifs is 1. The highest BCUT2D eigenvalue weighted by molar-refractivity contribution is 6.09. The lowest BCUT2D eigenvalue weighted by atomic mass is 10.1. The largest absolute Gasteiger partial charge is 0.358 e. The number of para-hydroxylation sites is 1. The number of Topliss-reactive ketones (excluding diaryl/α,β-unsaturated/α-hetero) is 1. The van der Waals surface area contributed by atoms with Gasteiger partial charge in [-0.05, 0) is 25.1 Å². The number of nitrogens with zero attached hydrogens (tertiary/aromatic N) is 4. The van der Waals surface area contributed by atoms with Crippen molar-refractivity contribution >= 4 is 16.7 Å². The number of carbonyl (C=O) groups excluding carboxylic acids is 1. The maximum atomic E-state index is 12.8. The number of hydrogen-bond donors (Lipinski definition) is 1. The first kappa shape index (κ1) is 15.3. The SMILES string of the molecule is Cc1ccc(-c2nnn(CC(=O)c3c(C)[nH]c4ccccc34)n2)cc1. The fraction of sp³-hybridized carbons (Fsp3) is 0.158. The third-order valence-corrected chi connectivity index (χ3v) is 4.22. The first-order valence-corrected chi connectivity index (χ1v) is 8.07. The molecule has 2 aromatic carbocycles. The molecule has 0 saturated carbocycles. The Morgan fingerprint density at radius 2 is 1.84 bits per heavy atom. The van der Waals surface area contributed by atoms with Gasteiger partial charge < -0.3 is 4.98 Å². The second-order valence-corrected chi connectivity index (χ2v) is 6.10. The lowest BCUT2D eigenvalue weighted by Gasteiger charge is -2.00. The van der Waals surface area contributed by atoms with Gasteiger partial charge in [-0.15, -0.1) is 10.2 Å². The number of rotatable bonds is 4. The van der Waals surface area contributed by atoms with Gasteiger partial charge in [0, 0.05) is 27.7 Å². The van der Waals surface area contributed by atoms with E-state index < -0.39 is 0 Å². The van der Waals surface area contributed by atoms with Crippen molar-refractivity contribution in [3.8, 4) is 11.4 Å². The summed E-state index contributed by atoms with van der Waals surface area (Å²) < 4.78 is 0. The van der Waals surface area contributed by atoms with Crippen molar-refractivity contribution in [2.24, 2.45) is 0 Å². The normalized spacial score (nSPS) is 11.1. The topological polar surface area (TPSA) is 76.5 Å². The minimum atomic E-state index is -0.0391. The van der Waals surface area contributed by atoms with E-state index in [4.69, 9.17) is 0 Å². The average Bonchev–Trinajstić information content (AvgIpc) is 3.18. The van der Waals surface area contributed by atoms with Crippen molar-refractivity contribution < 1.29 is 4.79 Å². The zero-order valence-corrected chi connectivity index (χ0v) is 14.0. The van der Waals surface area contributed by atoms with Gasteiger partial charge in [-0.1, -0.05) is 48.0 Å². The van der Waals surface area contributed by atoms with Crippen LogP contribution < -0.4 is 0 Å². The van der Waals surface area contributed by atoms with Gasteiger partial charge >= 0.3 is 0 Å². The zero-order valence-electron chi connectivity index (χ0n) is 14.0. The molecule has 0 aliphatic heterocycles. The van der Waals surface area contributed by atoms with Gasteiger partial charge in [-0.25, -0.2) is 0 Å². The van der Waals surface area contributed by atoms with Crippen molar-refractivity contribution in [3.63, 3.8) is 0 Å². The molecule has 0 spiro atoms. The van der Waals surface area contributed by atoms with E-state index in [2.05, 4.69) is 20.4 Å². The first-order chi connectivity index (χ1) is 12.1. The molecule has 1 N–H and O–H groups in total. The van der Waals surface area contributed by atoms with Crippen LogP contribution in [0.5, 0.6) is 0 Å². The van der Waals surface area contributed by atoms with E-state index in [0.717, 1.165) is 22.2 Å². The second-order valence-electron chi connectivity index (χ2n) is 6.10. The highest BCUT2D eigenvalue weighted by Crippen LogP contribution is 2.22. The molecule has 0 saturated heterocycles. The zero-order chi connectivity index (χ0) is 17.4. The Balaban J connectivity index is 1.61. The van der Waals surface area contributed by atoms with E-state index in [9.17, 15) is 4.79 Å². The Kier molecular flexibility index (Phi) is 3.65. The van der Waals surface area contributed by atoms with E-state index in [-0.39, 0.29) is 12.3 Å². The summed E-state index contributed by atoms with van der Waals surface area (Å²) in [5.41, 5.74) is 4.54. The van der Waals surface area contributed by atoms with Gasteiger partial charge in [-0.3, -0.25) is 4.79 Å². The summed E-state index contributed by atoms with van der Waals surface area (Å²) in [5, 5.41) is 13.3. The molecular formula is C19H17N5O. The molecule has 0 atom stereocenters. The fourth-order valence-electron chi connectivity index (χ4n) is 2.97. The van der Waals surface area contributed by atoms with Crippen LogP contribution in [0, 0.1) is 13.8 Å². The van der Waals surface area contributed by atoms with Gasteiger partial charge in [-0.2, -0.15) is 4.80 Å². The Morgan fingerprint density at radius 1 is 1.08 bits per heavy atom. The molecule has 2 heterocycles. The summed E-state index contributed by atoms with van der Waals surface area (Å²) in [6, 6.07) is 15.7. The predicted molar refractivity (Wildman–Crippen MR) is 95.4 cm³/mol. The summed E-state index contributed by atoms with van der Waals surface area (Å²) in [7, 11) is 0. The molecule has 6 heteroatoms. The summed E-state index contributed by atoms with van der Waals surface area (Å²) in [4.78, 5) is 17.3. The second kappa shape index (κ2) is 5.98. The van der Waals surface area contributed by atoms with Crippen LogP contribution in [0.2, 0.25) is 0 Å². The van der Waals surface area contributed by atoms with Crippen LogP contribution in [0.1, 0.15) is 21.6 Å². The van der Waals surface area contributed by atoms with E-state index >= 15 is 0 Å². The van der Waals surface area contributed by atoms with Crippen LogP contribution in [0.4, 0.5) is 0 Å². The molecule has 0 amide bonds. The fourth-order valence-corrected chi connectivity index (χ4v) is 2.97. The number of aryl methyl sites for hydroxylation is 2. The lowest BCUT2D eigenvalue weighted by Crippen LogP contribution is -2.14. The molecule has 0 aliphatic rings.